The predicted octanol–water partition coefficient (Wildman–Crippen LogP) is 1.62. The first-order chi connectivity index (χ1) is 13.7. The number of carbonyl (C=O) groups excluding carboxylic acids is 1. The van der Waals surface area contributed by atoms with E-state index in [2.05, 4.69) is 27.1 Å². The van der Waals surface area contributed by atoms with Crippen molar-refractivity contribution in [2.45, 2.75) is 31.8 Å². The Morgan fingerprint density at radius 3 is 3.07 bits per heavy atom. The molecule has 8 heteroatoms. The average molecular weight is 384 g/mol. The number of aromatic amines is 1. The summed E-state index contributed by atoms with van der Waals surface area (Å²) >= 11 is 0. The van der Waals surface area contributed by atoms with Gasteiger partial charge in [-0.2, -0.15) is 0 Å². The van der Waals surface area contributed by atoms with Crippen LogP contribution >= 0.6 is 0 Å². The van der Waals surface area contributed by atoms with Crippen LogP contribution in [0.15, 0.2) is 41.7 Å². The Bertz CT molecular complexity index is 875. The van der Waals surface area contributed by atoms with Crippen LogP contribution in [0.5, 0.6) is 5.75 Å². The molecule has 28 heavy (non-hydrogen) atoms. The van der Waals surface area contributed by atoms with Crippen molar-refractivity contribution in [1.82, 2.24) is 20.5 Å². The number of nitrogens with zero attached hydrogens (tertiary/aromatic N) is 2. The Hall–Kier alpha value is -3.00. The van der Waals surface area contributed by atoms with E-state index in [-0.39, 0.29) is 36.1 Å². The van der Waals surface area contributed by atoms with Crippen LogP contribution in [-0.4, -0.2) is 47.0 Å². The first-order valence-corrected chi connectivity index (χ1v) is 9.34. The van der Waals surface area contributed by atoms with Crippen LogP contribution in [0, 0.1) is 0 Å². The first kappa shape index (κ1) is 19.8. The SMILES string of the molecule is C=CCOc1cccc(-c2nnc(CCC(=O)NCC3CCCO3)c(=O)[nH]2)c1. The van der Waals surface area contributed by atoms with Crippen molar-refractivity contribution in [2.75, 3.05) is 19.8 Å². The van der Waals surface area contributed by atoms with E-state index in [1.54, 1.807) is 24.3 Å². The van der Waals surface area contributed by atoms with Gasteiger partial charge < -0.3 is 19.8 Å². The molecule has 2 N–H and O–H groups in total. The van der Waals surface area contributed by atoms with Gasteiger partial charge in [-0.1, -0.05) is 24.8 Å². The molecule has 0 aliphatic carbocycles. The van der Waals surface area contributed by atoms with Gasteiger partial charge in [0.1, 0.15) is 18.1 Å². The zero-order chi connectivity index (χ0) is 19.8. The molecule has 1 aliphatic rings. The van der Waals surface area contributed by atoms with E-state index in [4.69, 9.17) is 9.47 Å². The predicted molar refractivity (Wildman–Crippen MR) is 104 cm³/mol. The number of rotatable bonds is 9. The summed E-state index contributed by atoms with van der Waals surface area (Å²) in [7, 11) is 0. The molecule has 0 bridgehead atoms. The smallest absolute Gasteiger partial charge is 0.273 e. The number of hydrogen-bond acceptors (Lipinski definition) is 6. The molecule has 1 atom stereocenters. The first-order valence-electron chi connectivity index (χ1n) is 9.34. The summed E-state index contributed by atoms with van der Waals surface area (Å²) in [5, 5.41) is 10.9. The van der Waals surface area contributed by atoms with Crippen LogP contribution in [0.2, 0.25) is 0 Å². The van der Waals surface area contributed by atoms with Crippen molar-refractivity contribution >= 4 is 5.91 Å². The van der Waals surface area contributed by atoms with Gasteiger partial charge in [0.05, 0.1) is 6.10 Å². The number of aryl methyl sites for hydroxylation is 1. The minimum absolute atomic E-state index is 0.0950. The maximum atomic E-state index is 12.3. The Balaban J connectivity index is 1.57. The van der Waals surface area contributed by atoms with Crippen molar-refractivity contribution in [3.05, 3.63) is 53.0 Å². The maximum Gasteiger partial charge on any atom is 0.273 e. The molecule has 2 heterocycles. The number of carbonyl (C=O) groups is 1. The largest absolute Gasteiger partial charge is 0.490 e. The van der Waals surface area contributed by atoms with E-state index in [0.29, 0.717) is 30.3 Å². The summed E-state index contributed by atoms with van der Waals surface area (Å²) in [6.07, 6.45) is 4.14. The third kappa shape index (κ3) is 5.50. The summed E-state index contributed by atoms with van der Waals surface area (Å²) in [5.74, 6) is 0.862. The summed E-state index contributed by atoms with van der Waals surface area (Å²) < 4.78 is 10.9. The molecule has 0 saturated carbocycles. The third-order valence-electron chi connectivity index (χ3n) is 4.38. The van der Waals surface area contributed by atoms with E-state index in [1.807, 2.05) is 6.07 Å². The molecule has 0 radical (unpaired) electrons. The second-order valence-electron chi connectivity index (χ2n) is 6.52. The number of nitrogens with one attached hydrogen (secondary N) is 2. The van der Waals surface area contributed by atoms with Crippen LogP contribution in [0.25, 0.3) is 11.4 Å². The third-order valence-corrected chi connectivity index (χ3v) is 4.38. The van der Waals surface area contributed by atoms with Gasteiger partial charge >= 0.3 is 0 Å². The fraction of sp³-hybridized carbons (Fsp3) is 0.400. The van der Waals surface area contributed by atoms with Crippen molar-refractivity contribution in [3.8, 4) is 17.1 Å². The summed E-state index contributed by atoms with van der Waals surface area (Å²) in [6, 6.07) is 7.18. The Morgan fingerprint density at radius 1 is 1.43 bits per heavy atom. The fourth-order valence-electron chi connectivity index (χ4n) is 2.90. The molecule has 8 nitrogen and oxygen atoms in total. The van der Waals surface area contributed by atoms with Crippen molar-refractivity contribution in [3.63, 3.8) is 0 Å². The molecule has 148 valence electrons. The van der Waals surface area contributed by atoms with Crippen molar-refractivity contribution < 1.29 is 14.3 Å². The molecule has 2 aromatic rings. The lowest BCUT2D eigenvalue weighted by Gasteiger charge is -2.10. The van der Waals surface area contributed by atoms with Crippen LogP contribution in [-0.2, 0) is 16.0 Å². The maximum absolute atomic E-state index is 12.3. The highest BCUT2D eigenvalue weighted by Crippen LogP contribution is 2.20. The van der Waals surface area contributed by atoms with E-state index < -0.39 is 0 Å². The standard InChI is InChI=1S/C20H24N4O4/c1-2-10-27-15-6-3-5-14(12-15)19-22-20(26)17(23-24-19)8-9-18(25)21-13-16-7-4-11-28-16/h2-3,5-6,12,16H,1,4,7-11,13H2,(H,21,25)(H,22,24,26). The number of H-pyrrole nitrogens is 1. The topological polar surface area (TPSA) is 106 Å². The minimum atomic E-state index is -0.352. The number of benzene rings is 1. The lowest BCUT2D eigenvalue weighted by Crippen LogP contribution is -2.32. The van der Waals surface area contributed by atoms with Crippen LogP contribution in [0.1, 0.15) is 25.0 Å². The highest BCUT2D eigenvalue weighted by molar-refractivity contribution is 5.76. The highest BCUT2D eigenvalue weighted by Gasteiger charge is 2.16. The number of amides is 1. The molecule has 1 amide bonds. The minimum Gasteiger partial charge on any atom is -0.490 e. The Morgan fingerprint density at radius 2 is 2.32 bits per heavy atom. The number of hydrogen-bond donors (Lipinski definition) is 2. The monoisotopic (exact) mass is 384 g/mol. The molecule has 1 aromatic carbocycles. The van der Waals surface area contributed by atoms with Gasteiger partial charge in [-0.3, -0.25) is 9.59 Å². The molecule has 1 aliphatic heterocycles. The van der Waals surface area contributed by atoms with E-state index >= 15 is 0 Å². The fourth-order valence-corrected chi connectivity index (χ4v) is 2.90. The quantitative estimate of drug-likeness (QED) is 0.637. The van der Waals surface area contributed by atoms with E-state index in [0.717, 1.165) is 19.4 Å². The molecular formula is C20H24N4O4. The summed E-state index contributed by atoms with van der Waals surface area (Å²) in [4.78, 5) is 27.0. The highest BCUT2D eigenvalue weighted by atomic mass is 16.5. The molecule has 1 aromatic heterocycles. The van der Waals surface area contributed by atoms with E-state index in [1.165, 1.54) is 0 Å². The summed E-state index contributed by atoms with van der Waals surface area (Å²) in [6.45, 7) is 5.25. The van der Waals surface area contributed by atoms with Gasteiger partial charge in [0.25, 0.3) is 5.56 Å². The number of aromatic nitrogens is 3. The van der Waals surface area contributed by atoms with Gasteiger partial charge in [0.15, 0.2) is 5.82 Å². The molecule has 3 rings (SSSR count). The van der Waals surface area contributed by atoms with Gasteiger partial charge in [0.2, 0.25) is 5.91 Å². The van der Waals surface area contributed by atoms with Crippen LogP contribution < -0.4 is 15.6 Å². The molecule has 1 unspecified atom stereocenters. The van der Waals surface area contributed by atoms with Gasteiger partial charge in [0, 0.05) is 31.6 Å². The Labute approximate surface area is 163 Å². The van der Waals surface area contributed by atoms with Gasteiger partial charge in [-0.05, 0) is 25.0 Å². The van der Waals surface area contributed by atoms with Crippen LogP contribution in [0.4, 0.5) is 0 Å². The molecular weight excluding hydrogens is 360 g/mol. The van der Waals surface area contributed by atoms with Crippen LogP contribution in [0.3, 0.4) is 0 Å². The van der Waals surface area contributed by atoms with Gasteiger partial charge in [-0.15, -0.1) is 10.2 Å². The molecule has 1 fully saturated rings. The van der Waals surface area contributed by atoms with Gasteiger partial charge in [-0.25, -0.2) is 0 Å². The second-order valence-corrected chi connectivity index (χ2v) is 6.52. The lowest BCUT2D eigenvalue weighted by molar-refractivity contribution is -0.121. The Kier molecular flexibility index (Phi) is 6.91. The van der Waals surface area contributed by atoms with Crippen molar-refractivity contribution in [2.24, 2.45) is 0 Å². The molecule has 0 spiro atoms. The lowest BCUT2D eigenvalue weighted by atomic mass is 10.2. The average Bonchev–Trinajstić information content (AvgIpc) is 3.23. The number of ether oxygens (including phenoxy) is 2. The van der Waals surface area contributed by atoms with Crippen molar-refractivity contribution in [1.29, 1.82) is 0 Å². The van der Waals surface area contributed by atoms with E-state index in [9.17, 15) is 9.59 Å². The zero-order valence-corrected chi connectivity index (χ0v) is 15.6. The zero-order valence-electron chi connectivity index (χ0n) is 15.6. The molecule has 1 saturated heterocycles. The summed E-state index contributed by atoms with van der Waals surface area (Å²) in [5.41, 5.74) is 0.566. The normalized spacial score (nSPS) is 15.9. The second kappa shape index (κ2) is 9.80.